The molecular weight excluding hydrogens is 392 g/mol. The molecule has 4 rings (SSSR count). The van der Waals surface area contributed by atoms with Crippen LogP contribution in [-0.2, 0) is 11.3 Å². The number of ether oxygens (including phenoxy) is 1. The monoisotopic (exact) mass is 410 g/mol. The van der Waals surface area contributed by atoms with Crippen LogP contribution in [0, 0.1) is 0 Å². The highest BCUT2D eigenvalue weighted by molar-refractivity contribution is 8.01. The van der Waals surface area contributed by atoms with Crippen LogP contribution in [0.4, 0.5) is 5.69 Å². The maximum Gasteiger partial charge on any atom is 0.234 e. The van der Waals surface area contributed by atoms with Crippen LogP contribution in [0.3, 0.4) is 0 Å². The number of para-hydroxylation sites is 3. The van der Waals surface area contributed by atoms with Crippen LogP contribution in [0.5, 0.6) is 5.75 Å². The van der Waals surface area contributed by atoms with Gasteiger partial charge in [-0.15, -0.1) is 11.3 Å². The maximum absolute atomic E-state index is 12.4. The zero-order valence-corrected chi connectivity index (χ0v) is 16.6. The number of carbonyl (C=O) groups excluding carboxylic acids is 1. The molecule has 0 bridgehead atoms. The number of fused-ring (bicyclic) bond motifs is 1. The standard InChI is InChI=1S/C20H18N4O2S2/c25-19(13-27-20-23-16-6-2-4-8-18(16)28-20)22-15-5-1-3-7-17(15)26-12-11-24-10-9-21-14-24/h1-10,14H,11-13H2,(H,22,25). The summed E-state index contributed by atoms with van der Waals surface area (Å²) >= 11 is 3.04. The number of imidazole rings is 1. The van der Waals surface area contributed by atoms with Gasteiger partial charge in [0.05, 0.1) is 34.5 Å². The summed E-state index contributed by atoms with van der Waals surface area (Å²) in [6.45, 7) is 1.18. The molecule has 0 saturated heterocycles. The van der Waals surface area contributed by atoms with Crippen molar-refractivity contribution in [3.63, 3.8) is 0 Å². The first-order chi connectivity index (χ1) is 13.8. The van der Waals surface area contributed by atoms with Crippen molar-refractivity contribution in [1.82, 2.24) is 14.5 Å². The largest absolute Gasteiger partial charge is 0.490 e. The molecule has 0 radical (unpaired) electrons. The van der Waals surface area contributed by atoms with E-state index in [1.54, 1.807) is 23.9 Å². The van der Waals surface area contributed by atoms with Crippen LogP contribution < -0.4 is 10.1 Å². The van der Waals surface area contributed by atoms with Gasteiger partial charge in [0, 0.05) is 12.4 Å². The number of nitrogens with zero attached hydrogens (tertiary/aromatic N) is 3. The highest BCUT2D eigenvalue weighted by atomic mass is 32.2. The molecule has 8 heteroatoms. The van der Waals surface area contributed by atoms with Crippen LogP contribution in [-0.4, -0.2) is 32.8 Å². The molecule has 0 unspecified atom stereocenters. The summed E-state index contributed by atoms with van der Waals surface area (Å²) in [6.07, 6.45) is 5.36. The Kier molecular flexibility index (Phi) is 5.89. The first kappa shape index (κ1) is 18.5. The molecule has 28 heavy (non-hydrogen) atoms. The van der Waals surface area contributed by atoms with Gasteiger partial charge in [0.1, 0.15) is 12.4 Å². The number of thiazole rings is 1. The third kappa shape index (κ3) is 4.71. The van der Waals surface area contributed by atoms with Gasteiger partial charge < -0.3 is 14.6 Å². The number of carbonyl (C=O) groups is 1. The van der Waals surface area contributed by atoms with E-state index in [1.165, 1.54) is 11.8 Å². The summed E-state index contributed by atoms with van der Waals surface area (Å²) in [5.41, 5.74) is 1.63. The van der Waals surface area contributed by atoms with E-state index in [4.69, 9.17) is 4.74 Å². The van der Waals surface area contributed by atoms with E-state index < -0.39 is 0 Å². The van der Waals surface area contributed by atoms with Gasteiger partial charge in [0.25, 0.3) is 0 Å². The Bertz CT molecular complexity index is 1030. The van der Waals surface area contributed by atoms with E-state index >= 15 is 0 Å². The van der Waals surface area contributed by atoms with Gasteiger partial charge in [0.2, 0.25) is 5.91 Å². The highest BCUT2D eigenvalue weighted by Gasteiger charge is 2.10. The molecule has 1 amide bonds. The Balaban J connectivity index is 1.32. The molecule has 142 valence electrons. The fraction of sp³-hybridized carbons (Fsp3) is 0.150. The van der Waals surface area contributed by atoms with Crippen molar-refractivity contribution in [2.45, 2.75) is 10.9 Å². The first-order valence-electron chi connectivity index (χ1n) is 8.74. The van der Waals surface area contributed by atoms with Gasteiger partial charge in [-0.25, -0.2) is 9.97 Å². The average molecular weight is 411 g/mol. The second-order valence-corrected chi connectivity index (χ2v) is 8.18. The molecule has 2 aromatic heterocycles. The van der Waals surface area contributed by atoms with Crippen molar-refractivity contribution in [2.75, 3.05) is 17.7 Å². The summed E-state index contributed by atoms with van der Waals surface area (Å²) < 4.78 is 9.79. The Morgan fingerprint density at radius 1 is 1.18 bits per heavy atom. The third-order valence-electron chi connectivity index (χ3n) is 3.93. The lowest BCUT2D eigenvalue weighted by Crippen LogP contribution is -2.15. The minimum absolute atomic E-state index is 0.0880. The smallest absolute Gasteiger partial charge is 0.234 e. The van der Waals surface area contributed by atoms with Crippen molar-refractivity contribution in [3.8, 4) is 5.75 Å². The number of hydrogen-bond acceptors (Lipinski definition) is 6. The van der Waals surface area contributed by atoms with E-state index in [1.807, 2.05) is 59.3 Å². The molecule has 0 spiro atoms. The molecule has 1 N–H and O–H groups in total. The van der Waals surface area contributed by atoms with Crippen LogP contribution in [0.2, 0.25) is 0 Å². The fourth-order valence-corrected chi connectivity index (χ4v) is 4.47. The van der Waals surface area contributed by atoms with E-state index in [2.05, 4.69) is 15.3 Å². The lowest BCUT2D eigenvalue weighted by atomic mass is 10.3. The van der Waals surface area contributed by atoms with Gasteiger partial charge in [-0.3, -0.25) is 4.79 Å². The first-order valence-corrected chi connectivity index (χ1v) is 10.5. The average Bonchev–Trinajstić information content (AvgIpc) is 3.37. The van der Waals surface area contributed by atoms with Crippen LogP contribution in [0.25, 0.3) is 10.2 Å². The van der Waals surface area contributed by atoms with Crippen molar-refractivity contribution >= 4 is 44.9 Å². The molecule has 2 aromatic carbocycles. The molecule has 0 saturated carbocycles. The normalized spacial score (nSPS) is 10.9. The van der Waals surface area contributed by atoms with E-state index in [0.717, 1.165) is 14.6 Å². The number of hydrogen-bond donors (Lipinski definition) is 1. The highest BCUT2D eigenvalue weighted by Crippen LogP contribution is 2.30. The Morgan fingerprint density at radius 2 is 2.04 bits per heavy atom. The van der Waals surface area contributed by atoms with Gasteiger partial charge in [-0.2, -0.15) is 0 Å². The number of thioether (sulfide) groups is 1. The van der Waals surface area contributed by atoms with E-state index in [9.17, 15) is 4.79 Å². The number of amides is 1. The van der Waals surface area contributed by atoms with Gasteiger partial charge in [-0.05, 0) is 24.3 Å². The van der Waals surface area contributed by atoms with E-state index in [0.29, 0.717) is 30.3 Å². The third-order valence-corrected chi connectivity index (χ3v) is 6.11. The fourth-order valence-electron chi connectivity index (χ4n) is 2.60. The number of aromatic nitrogens is 3. The molecule has 2 heterocycles. The minimum atomic E-state index is -0.0880. The molecule has 0 aliphatic rings. The summed E-state index contributed by atoms with van der Waals surface area (Å²) in [5, 5.41) is 2.93. The molecular formula is C20H18N4O2S2. The van der Waals surface area contributed by atoms with Crippen LogP contribution in [0.1, 0.15) is 0 Å². The molecule has 4 aromatic rings. The second-order valence-electron chi connectivity index (χ2n) is 5.93. The number of benzene rings is 2. The summed E-state index contributed by atoms with van der Waals surface area (Å²) in [5.74, 6) is 0.860. The van der Waals surface area contributed by atoms with Crippen molar-refractivity contribution < 1.29 is 9.53 Å². The van der Waals surface area contributed by atoms with Crippen molar-refractivity contribution in [3.05, 3.63) is 67.3 Å². The Labute approximate surface area is 170 Å². The zero-order chi connectivity index (χ0) is 19.2. The molecule has 0 atom stereocenters. The maximum atomic E-state index is 12.4. The topological polar surface area (TPSA) is 69.0 Å². The number of nitrogens with one attached hydrogen (secondary N) is 1. The van der Waals surface area contributed by atoms with Crippen LogP contribution in [0.15, 0.2) is 71.6 Å². The lowest BCUT2D eigenvalue weighted by Gasteiger charge is -2.12. The SMILES string of the molecule is O=C(CSc1nc2ccccc2s1)Nc1ccccc1OCCn1ccnc1. The van der Waals surface area contributed by atoms with Gasteiger partial charge in [-0.1, -0.05) is 36.0 Å². The van der Waals surface area contributed by atoms with Crippen molar-refractivity contribution in [2.24, 2.45) is 0 Å². The minimum Gasteiger partial charge on any atom is -0.490 e. The molecule has 0 aliphatic heterocycles. The van der Waals surface area contributed by atoms with Crippen LogP contribution >= 0.6 is 23.1 Å². The van der Waals surface area contributed by atoms with Gasteiger partial charge in [0.15, 0.2) is 4.34 Å². The van der Waals surface area contributed by atoms with E-state index in [-0.39, 0.29) is 5.91 Å². The quantitative estimate of drug-likeness (QED) is 0.439. The predicted octanol–water partition coefficient (Wildman–Crippen LogP) is 4.30. The summed E-state index contributed by atoms with van der Waals surface area (Å²) in [6, 6.07) is 15.4. The van der Waals surface area contributed by atoms with Gasteiger partial charge >= 0.3 is 0 Å². The Hall–Kier alpha value is -2.84. The molecule has 6 nitrogen and oxygen atoms in total. The molecule has 0 fully saturated rings. The second kappa shape index (κ2) is 8.90. The Morgan fingerprint density at radius 3 is 2.89 bits per heavy atom. The lowest BCUT2D eigenvalue weighted by molar-refractivity contribution is -0.113. The number of anilines is 1. The summed E-state index contributed by atoms with van der Waals surface area (Å²) in [7, 11) is 0. The summed E-state index contributed by atoms with van der Waals surface area (Å²) in [4.78, 5) is 20.9. The van der Waals surface area contributed by atoms with Crippen molar-refractivity contribution in [1.29, 1.82) is 0 Å². The predicted molar refractivity (Wildman–Crippen MR) is 113 cm³/mol. The zero-order valence-electron chi connectivity index (χ0n) is 14.9. The molecule has 0 aliphatic carbocycles. The number of rotatable bonds is 8.